The summed E-state index contributed by atoms with van der Waals surface area (Å²) < 4.78 is 2.57. The summed E-state index contributed by atoms with van der Waals surface area (Å²) in [5, 5.41) is 5.20. The summed E-state index contributed by atoms with van der Waals surface area (Å²) in [5.74, 6) is 0. The van der Waals surface area contributed by atoms with Crippen LogP contribution in [0.4, 0.5) is 34.1 Å². The van der Waals surface area contributed by atoms with Gasteiger partial charge in [0.1, 0.15) is 0 Å². The number of hydrogen-bond donors (Lipinski definition) is 0. The summed E-state index contributed by atoms with van der Waals surface area (Å²) in [6.45, 7) is 27.9. The number of aromatic nitrogens is 1. The Bertz CT molecular complexity index is 3240. The maximum atomic E-state index is 2.63. The molecule has 0 saturated carbocycles. The third-order valence-electron chi connectivity index (χ3n) is 14.1. The van der Waals surface area contributed by atoms with Gasteiger partial charge in [0.2, 0.25) is 0 Å². The lowest BCUT2D eigenvalue weighted by molar-refractivity contribution is 0.590. The van der Waals surface area contributed by atoms with Gasteiger partial charge in [-0.3, -0.25) is 0 Å². The topological polar surface area (TPSA) is 10.9 Å². The number of rotatable bonds is 2. The number of benzene rings is 7. The van der Waals surface area contributed by atoms with Gasteiger partial charge in [0.15, 0.2) is 0 Å². The zero-order valence-corrected chi connectivity index (χ0v) is 38.6. The van der Waals surface area contributed by atoms with Crippen molar-refractivity contribution < 1.29 is 0 Å². The van der Waals surface area contributed by atoms with Crippen LogP contribution in [0.2, 0.25) is 0 Å². The Morgan fingerprint density at radius 3 is 1.40 bits per heavy atom. The van der Waals surface area contributed by atoms with Gasteiger partial charge in [0.25, 0.3) is 6.71 Å². The van der Waals surface area contributed by atoms with Crippen LogP contribution in [-0.4, -0.2) is 11.1 Å². The summed E-state index contributed by atoms with van der Waals surface area (Å²) in [4.78, 5) is 5.23. The highest BCUT2D eigenvalue weighted by Crippen LogP contribution is 2.52. The largest absolute Gasteiger partial charge is 0.311 e. The standard InChI is InChI=1S/C58H58BN3/c1-55(2,3)35-20-26-39(27-21-35)60-47-30-24-37(57(7,8)9)32-44(47)59-45-33-38(58(10,11)12)25-31-48(45)61(40-28-22-36(23-29-40)56(4,5)6)54-51-43-18-15-17-42-41-16-13-14-19-46(41)62(53(42)43)49(51)34-50(60)52(54)59/h13-34H,1-12H3. The molecule has 3 nitrogen and oxygen atoms in total. The molecule has 0 aliphatic carbocycles. The average molecular weight is 808 g/mol. The van der Waals surface area contributed by atoms with Crippen LogP contribution in [-0.2, 0) is 21.7 Å². The fourth-order valence-electron chi connectivity index (χ4n) is 10.7. The van der Waals surface area contributed by atoms with Gasteiger partial charge in [-0.1, -0.05) is 168 Å². The van der Waals surface area contributed by atoms with Crippen molar-refractivity contribution in [3.05, 3.63) is 156 Å². The van der Waals surface area contributed by atoms with E-state index in [1.165, 1.54) is 111 Å². The third kappa shape index (κ3) is 5.57. The molecule has 4 heteroatoms. The van der Waals surface area contributed by atoms with Gasteiger partial charge in [-0.15, -0.1) is 0 Å². The first-order valence-corrected chi connectivity index (χ1v) is 22.6. The van der Waals surface area contributed by atoms with Crippen LogP contribution in [0.1, 0.15) is 105 Å². The van der Waals surface area contributed by atoms with E-state index >= 15 is 0 Å². The molecule has 0 amide bonds. The Kier molecular flexibility index (Phi) is 8.02. The van der Waals surface area contributed by atoms with Crippen LogP contribution in [0.25, 0.3) is 38.1 Å². The molecule has 0 radical (unpaired) electrons. The first kappa shape index (κ1) is 38.9. The van der Waals surface area contributed by atoms with Gasteiger partial charge < -0.3 is 14.2 Å². The molecule has 4 heterocycles. The zero-order valence-electron chi connectivity index (χ0n) is 38.6. The Labute approximate surface area is 368 Å². The normalized spacial score (nSPS) is 14.4. The van der Waals surface area contributed by atoms with Crippen LogP contribution >= 0.6 is 0 Å². The predicted molar refractivity (Wildman–Crippen MR) is 270 cm³/mol. The molecule has 2 aliphatic rings. The fraction of sp³-hybridized carbons (Fsp3) is 0.276. The van der Waals surface area contributed by atoms with E-state index in [0.717, 1.165) is 0 Å². The SMILES string of the molecule is CC(C)(C)c1ccc(N2c3ccc(C(C)(C)C)cc3B3c4cc(C(C)(C)C)ccc4N(c4ccc(C(C)(C)C)cc4)c4c3c2cc2c4c3cccc4c5ccccc5n2c43)cc1. The first-order chi connectivity index (χ1) is 29.3. The van der Waals surface area contributed by atoms with E-state index in [1.807, 2.05) is 0 Å². The minimum absolute atomic E-state index is 0.00556. The molecule has 0 saturated heterocycles. The molecule has 7 aromatic carbocycles. The molecule has 0 bridgehead atoms. The van der Waals surface area contributed by atoms with Crippen molar-refractivity contribution in [2.75, 3.05) is 9.80 Å². The van der Waals surface area contributed by atoms with Crippen LogP contribution in [0, 0.1) is 0 Å². The van der Waals surface area contributed by atoms with E-state index in [-0.39, 0.29) is 28.4 Å². The Morgan fingerprint density at radius 2 is 0.855 bits per heavy atom. The molecule has 0 fully saturated rings. The second-order valence-corrected chi connectivity index (χ2v) is 22.4. The summed E-state index contributed by atoms with van der Waals surface area (Å²) in [6.07, 6.45) is 0. The Hall–Kier alpha value is -6.00. The van der Waals surface area contributed by atoms with E-state index < -0.39 is 0 Å². The van der Waals surface area contributed by atoms with Crippen molar-refractivity contribution >= 4 is 95.3 Å². The summed E-state index contributed by atoms with van der Waals surface area (Å²) in [6, 6.07) is 52.1. The van der Waals surface area contributed by atoms with Gasteiger partial charge in [-0.25, -0.2) is 0 Å². The minimum atomic E-state index is -0.0267. The minimum Gasteiger partial charge on any atom is -0.311 e. The highest BCUT2D eigenvalue weighted by molar-refractivity contribution is 7.00. The van der Waals surface area contributed by atoms with Crippen LogP contribution in [0.3, 0.4) is 0 Å². The van der Waals surface area contributed by atoms with Crippen LogP contribution < -0.4 is 26.2 Å². The quantitative estimate of drug-likeness (QED) is 0.161. The number of hydrogen-bond acceptors (Lipinski definition) is 2. The number of para-hydroxylation sites is 2. The Balaban J connectivity index is 1.35. The average Bonchev–Trinajstić information content (AvgIpc) is 3.74. The van der Waals surface area contributed by atoms with Gasteiger partial charge >= 0.3 is 0 Å². The molecular weight excluding hydrogens is 749 g/mol. The lowest BCUT2D eigenvalue weighted by atomic mass is 9.33. The van der Waals surface area contributed by atoms with Crippen molar-refractivity contribution in [2.45, 2.75) is 105 Å². The molecule has 2 aliphatic heterocycles. The van der Waals surface area contributed by atoms with Gasteiger partial charge in [-0.05, 0) is 109 Å². The summed E-state index contributed by atoms with van der Waals surface area (Å²) in [5.41, 5.74) is 20.7. The highest BCUT2D eigenvalue weighted by atomic mass is 15.2. The van der Waals surface area contributed by atoms with E-state index in [9.17, 15) is 0 Å². The summed E-state index contributed by atoms with van der Waals surface area (Å²) in [7, 11) is 0. The lowest BCUT2D eigenvalue weighted by Gasteiger charge is -2.45. The smallest absolute Gasteiger partial charge is 0.252 e. The number of anilines is 6. The molecular formula is C58H58BN3. The van der Waals surface area contributed by atoms with Crippen molar-refractivity contribution in [1.29, 1.82) is 0 Å². The lowest BCUT2D eigenvalue weighted by Crippen LogP contribution is -2.61. The molecule has 9 aromatic rings. The molecule has 308 valence electrons. The van der Waals surface area contributed by atoms with E-state index in [4.69, 9.17) is 0 Å². The van der Waals surface area contributed by atoms with Crippen LogP contribution in [0.5, 0.6) is 0 Å². The first-order valence-electron chi connectivity index (χ1n) is 22.6. The van der Waals surface area contributed by atoms with E-state index in [1.54, 1.807) is 0 Å². The molecule has 0 N–H and O–H groups in total. The molecule has 0 spiro atoms. The van der Waals surface area contributed by atoms with Crippen molar-refractivity contribution in [3.8, 4) is 0 Å². The Morgan fingerprint density at radius 1 is 0.387 bits per heavy atom. The van der Waals surface area contributed by atoms with Gasteiger partial charge in [0.05, 0.1) is 22.2 Å². The fourth-order valence-corrected chi connectivity index (χ4v) is 10.7. The highest BCUT2D eigenvalue weighted by Gasteiger charge is 2.46. The molecule has 11 rings (SSSR count). The predicted octanol–water partition coefficient (Wildman–Crippen LogP) is 14.1. The van der Waals surface area contributed by atoms with E-state index in [2.05, 4.69) is 231 Å². The van der Waals surface area contributed by atoms with Gasteiger partial charge in [-0.2, -0.15) is 0 Å². The van der Waals surface area contributed by atoms with E-state index in [0.29, 0.717) is 0 Å². The molecule has 2 aromatic heterocycles. The maximum absolute atomic E-state index is 2.63. The molecule has 0 atom stereocenters. The zero-order chi connectivity index (χ0) is 43.4. The second-order valence-electron chi connectivity index (χ2n) is 22.4. The molecule has 62 heavy (non-hydrogen) atoms. The third-order valence-corrected chi connectivity index (χ3v) is 14.1. The molecule has 0 unspecified atom stereocenters. The van der Waals surface area contributed by atoms with Crippen molar-refractivity contribution in [1.82, 2.24) is 4.40 Å². The van der Waals surface area contributed by atoms with Crippen molar-refractivity contribution in [3.63, 3.8) is 0 Å². The number of nitrogens with zero attached hydrogens (tertiary/aromatic N) is 3. The monoisotopic (exact) mass is 807 g/mol. The summed E-state index contributed by atoms with van der Waals surface area (Å²) >= 11 is 0. The van der Waals surface area contributed by atoms with Crippen molar-refractivity contribution in [2.24, 2.45) is 0 Å². The van der Waals surface area contributed by atoms with Crippen LogP contribution in [0.15, 0.2) is 133 Å². The maximum Gasteiger partial charge on any atom is 0.252 e. The second kappa shape index (κ2) is 12.8. The van der Waals surface area contributed by atoms with Gasteiger partial charge in [0, 0.05) is 50.0 Å². The number of fused-ring (bicyclic) bond motifs is 11.